The van der Waals surface area contributed by atoms with Gasteiger partial charge in [-0.3, -0.25) is 9.10 Å². The van der Waals surface area contributed by atoms with Crippen LogP contribution in [0.15, 0.2) is 70.7 Å². The molecule has 0 aliphatic heterocycles. The van der Waals surface area contributed by atoms with Gasteiger partial charge in [0, 0.05) is 6.07 Å². The fourth-order valence-corrected chi connectivity index (χ4v) is 5.11. The van der Waals surface area contributed by atoms with E-state index in [1.54, 1.807) is 19.1 Å². The predicted octanol–water partition coefficient (Wildman–Crippen LogP) is 4.36. The van der Waals surface area contributed by atoms with Crippen LogP contribution in [-0.2, 0) is 14.8 Å². The van der Waals surface area contributed by atoms with E-state index >= 15 is 0 Å². The number of sulfonamides is 1. The number of amides is 1. The smallest absolute Gasteiger partial charge is 0.264 e. The molecule has 0 bridgehead atoms. The number of anilines is 1. The van der Waals surface area contributed by atoms with Crippen LogP contribution < -0.4 is 19.2 Å². The van der Waals surface area contributed by atoms with E-state index < -0.39 is 22.5 Å². The summed E-state index contributed by atoms with van der Waals surface area (Å²) in [5.41, 5.74) is 7.16. The van der Waals surface area contributed by atoms with Gasteiger partial charge in [0.05, 0.1) is 30.5 Å². The standard InChI is InChI=1S/C27H31N3O5S/c1-18-7-9-22(10-8-18)21(4)28-29-27(31)17-30(23-14-19(2)13-20(3)15-23)36(32,33)24-11-12-25(34-5)26(16-24)35-6/h7-16H,17H2,1-6H3,(H,29,31)/b28-21-. The minimum Gasteiger partial charge on any atom is -0.493 e. The number of benzene rings is 3. The topological polar surface area (TPSA) is 97.3 Å². The predicted molar refractivity (Wildman–Crippen MR) is 142 cm³/mol. The minimum absolute atomic E-state index is 0.0357. The molecule has 0 fully saturated rings. The second-order valence-electron chi connectivity index (χ2n) is 8.47. The number of ether oxygens (including phenoxy) is 2. The molecule has 1 amide bonds. The lowest BCUT2D eigenvalue weighted by Gasteiger charge is -2.25. The van der Waals surface area contributed by atoms with Crippen molar-refractivity contribution in [3.05, 3.63) is 82.9 Å². The van der Waals surface area contributed by atoms with Gasteiger partial charge in [0.1, 0.15) is 6.54 Å². The molecule has 0 aliphatic carbocycles. The van der Waals surface area contributed by atoms with Gasteiger partial charge in [-0.05, 0) is 68.7 Å². The number of nitrogens with zero attached hydrogens (tertiary/aromatic N) is 2. The highest BCUT2D eigenvalue weighted by molar-refractivity contribution is 7.92. The molecular formula is C27H31N3O5S. The van der Waals surface area contributed by atoms with Crippen LogP contribution in [0.1, 0.15) is 29.2 Å². The second-order valence-corrected chi connectivity index (χ2v) is 10.3. The maximum atomic E-state index is 13.8. The van der Waals surface area contributed by atoms with Crippen LogP contribution in [-0.4, -0.2) is 40.8 Å². The number of hydrogen-bond acceptors (Lipinski definition) is 6. The monoisotopic (exact) mass is 509 g/mol. The Hall–Kier alpha value is -3.85. The first kappa shape index (κ1) is 26.7. The van der Waals surface area contributed by atoms with Gasteiger partial charge in [-0.25, -0.2) is 13.8 Å². The van der Waals surface area contributed by atoms with Crippen molar-refractivity contribution in [3.8, 4) is 11.5 Å². The Kier molecular flexibility index (Phi) is 8.37. The lowest BCUT2D eigenvalue weighted by Crippen LogP contribution is -2.39. The van der Waals surface area contributed by atoms with E-state index in [9.17, 15) is 13.2 Å². The molecular weight excluding hydrogens is 478 g/mol. The third kappa shape index (κ3) is 6.23. The van der Waals surface area contributed by atoms with Gasteiger partial charge in [-0.1, -0.05) is 35.9 Å². The zero-order valence-electron chi connectivity index (χ0n) is 21.3. The fraction of sp³-hybridized carbons (Fsp3) is 0.259. The van der Waals surface area contributed by atoms with E-state index in [1.165, 1.54) is 32.4 Å². The lowest BCUT2D eigenvalue weighted by atomic mass is 10.1. The molecule has 0 spiro atoms. The number of carbonyl (C=O) groups excluding carboxylic acids is 1. The van der Waals surface area contributed by atoms with Gasteiger partial charge in [0.2, 0.25) is 0 Å². The van der Waals surface area contributed by atoms with Gasteiger partial charge in [-0.2, -0.15) is 5.10 Å². The van der Waals surface area contributed by atoms with Gasteiger partial charge in [-0.15, -0.1) is 0 Å². The van der Waals surface area contributed by atoms with E-state index in [1.807, 2.05) is 51.1 Å². The molecule has 0 heterocycles. The molecule has 3 aromatic carbocycles. The highest BCUT2D eigenvalue weighted by Gasteiger charge is 2.28. The Balaban J connectivity index is 1.96. The zero-order chi connectivity index (χ0) is 26.5. The first-order chi connectivity index (χ1) is 17.0. The number of carbonyl (C=O) groups is 1. The van der Waals surface area contributed by atoms with Crippen LogP contribution in [0, 0.1) is 20.8 Å². The molecule has 0 aromatic heterocycles. The Morgan fingerprint density at radius 2 is 1.47 bits per heavy atom. The molecule has 0 unspecified atom stereocenters. The molecule has 8 nitrogen and oxygen atoms in total. The Labute approximate surface area is 212 Å². The van der Waals surface area contributed by atoms with E-state index in [4.69, 9.17) is 9.47 Å². The largest absolute Gasteiger partial charge is 0.493 e. The van der Waals surface area contributed by atoms with Crippen LogP contribution in [0.5, 0.6) is 11.5 Å². The molecule has 3 aromatic rings. The maximum Gasteiger partial charge on any atom is 0.264 e. The van der Waals surface area contributed by atoms with E-state index in [0.29, 0.717) is 17.1 Å². The van der Waals surface area contributed by atoms with Crippen LogP contribution in [0.2, 0.25) is 0 Å². The van der Waals surface area contributed by atoms with E-state index in [2.05, 4.69) is 10.5 Å². The molecule has 0 saturated heterocycles. The number of aryl methyl sites for hydroxylation is 3. The lowest BCUT2D eigenvalue weighted by molar-refractivity contribution is -0.119. The van der Waals surface area contributed by atoms with Crippen molar-refractivity contribution in [2.75, 3.05) is 25.1 Å². The molecule has 0 saturated carbocycles. The van der Waals surface area contributed by atoms with Crippen molar-refractivity contribution in [3.63, 3.8) is 0 Å². The summed E-state index contributed by atoms with van der Waals surface area (Å²) in [5.74, 6) is 0.0828. The highest BCUT2D eigenvalue weighted by Crippen LogP contribution is 2.32. The van der Waals surface area contributed by atoms with E-state index in [0.717, 1.165) is 26.6 Å². The van der Waals surface area contributed by atoms with Gasteiger partial charge < -0.3 is 9.47 Å². The summed E-state index contributed by atoms with van der Waals surface area (Å²) in [4.78, 5) is 12.9. The summed E-state index contributed by atoms with van der Waals surface area (Å²) in [6.07, 6.45) is 0. The quantitative estimate of drug-likeness (QED) is 0.341. The molecule has 3 rings (SSSR count). The van der Waals surface area contributed by atoms with Crippen molar-refractivity contribution in [2.45, 2.75) is 32.6 Å². The second kappa shape index (κ2) is 11.3. The number of nitrogens with one attached hydrogen (secondary N) is 1. The van der Waals surface area contributed by atoms with Gasteiger partial charge >= 0.3 is 0 Å². The van der Waals surface area contributed by atoms with Gasteiger partial charge in [0.25, 0.3) is 15.9 Å². The SMILES string of the molecule is COc1ccc(S(=O)(=O)N(CC(=O)N/N=C(/C)c2ccc(C)cc2)c2cc(C)cc(C)c2)cc1OC. The average molecular weight is 510 g/mol. The average Bonchev–Trinajstić information content (AvgIpc) is 2.85. The van der Waals surface area contributed by atoms with Crippen molar-refractivity contribution >= 4 is 27.3 Å². The highest BCUT2D eigenvalue weighted by atomic mass is 32.2. The normalized spacial score (nSPS) is 11.7. The number of rotatable bonds is 9. The molecule has 0 radical (unpaired) electrons. The molecule has 0 aliphatic rings. The summed E-state index contributed by atoms with van der Waals surface area (Å²) < 4.78 is 39.1. The fourth-order valence-electron chi connectivity index (χ4n) is 3.69. The summed E-state index contributed by atoms with van der Waals surface area (Å²) >= 11 is 0. The summed E-state index contributed by atoms with van der Waals surface area (Å²) in [6, 6.07) is 17.4. The first-order valence-electron chi connectivity index (χ1n) is 11.3. The maximum absolute atomic E-state index is 13.8. The molecule has 1 N–H and O–H groups in total. The van der Waals surface area contributed by atoms with Gasteiger partial charge in [0.15, 0.2) is 11.5 Å². The summed E-state index contributed by atoms with van der Waals surface area (Å²) in [5, 5.41) is 4.17. The van der Waals surface area contributed by atoms with Crippen LogP contribution in [0.25, 0.3) is 0 Å². The summed E-state index contributed by atoms with van der Waals surface area (Å²) in [7, 11) is -1.25. The molecule has 0 atom stereocenters. The number of methoxy groups -OCH3 is 2. The summed E-state index contributed by atoms with van der Waals surface area (Å²) in [6.45, 7) is 7.02. The van der Waals surface area contributed by atoms with Crippen molar-refractivity contribution in [1.29, 1.82) is 0 Å². The van der Waals surface area contributed by atoms with Crippen LogP contribution >= 0.6 is 0 Å². The Morgan fingerprint density at radius 3 is 2.06 bits per heavy atom. The van der Waals surface area contributed by atoms with Crippen molar-refractivity contribution in [1.82, 2.24) is 5.43 Å². The first-order valence-corrected chi connectivity index (χ1v) is 12.7. The zero-order valence-corrected chi connectivity index (χ0v) is 22.1. The van der Waals surface area contributed by atoms with Crippen LogP contribution in [0.3, 0.4) is 0 Å². The Morgan fingerprint density at radius 1 is 0.861 bits per heavy atom. The Bertz CT molecular complexity index is 1360. The van der Waals surface area contributed by atoms with E-state index in [-0.39, 0.29) is 10.6 Å². The third-order valence-corrected chi connectivity index (χ3v) is 7.31. The number of hydrogen-bond donors (Lipinski definition) is 1. The third-order valence-electron chi connectivity index (χ3n) is 5.54. The van der Waals surface area contributed by atoms with Crippen LogP contribution in [0.4, 0.5) is 5.69 Å². The minimum atomic E-state index is -4.15. The van der Waals surface area contributed by atoms with Crippen molar-refractivity contribution < 1.29 is 22.7 Å². The molecule has 9 heteroatoms. The molecule has 36 heavy (non-hydrogen) atoms. The number of hydrazone groups is 1. The van der Waals surface area contributed by atoms with Crippen molar-refractivity contribution in [2.24, 2.45) is 5.10 Å². The molecule has 190 valence electrons.